The van der Waals surface area contributed by atoms with Crippen molar-refractivity contribution in [1.29, 1.82) is 0 Å². The second-order valence-corrected chi connectivity index (χ2v) is 9.01. The van der Waals surface area contributed by atoms with Gasteiger partial charge >= 0.3 is 0 Å². The second-order valence-electron chi connectivity index (χ2n) is 9.01. The van der Waals surface area contributed by atoms with Crippen LogP contribution in [0.5, 0.6) is 0 Å². The summed E-state index contributed by atoms with van der Waals surface area (Å²) in [4.78, 5) is 0. The van der Waals surface area contributed by atoms with Gasteiger partial charge < -0.3 is 0 Å². The Morgan fingerprint density at radius 2 is 1.31 bits per heavy atom. The van der Waals surface area contributed by atoms with Crippen LogP contribution in [-0.4, -0.2) is 12.4 Å². The highest BCUT2D eigenvalue weighted by Crippen LogP contribution is 2.24. The van der Waals surface area contributed by atoms with E-state index in [2.05, 4.69) is 48.0 Å². The normalized spacial score (nSPS) is 11.5. The van der Waals surface area contributed by atoms with Gasteiger partial charge in [0.05, 0.1) is 12.4 Å². The molecule has 0 bridgehead atoms. The maximum absolute atomic E-state index is 14.8. The van der Waals surface area contributed by atoms with Crippen LogP contribution in [0.4, 0.5) is 4.39 Å². The summed E-state index contributed by atoms with van der Waals surface area (Å²) in [6.07, 6.45) is 15.8. The maximum atomic E-state index is 14.8. The average molecular weight is 469 g/mol. The Hall–Kier alpha value is -3.33. The van der Waals surface area contributed by atoms with Gasteiger partial charge in [0.15, 0.2) is 0 Å². The fourth-order valence-corrected chi connectivity index (χ4v) is 4.04. The molecule has 35 heavy (non-hydrogen) atoms. The molecule has 182 valence electrons. The summed E-state index contributed by atoms with van der Waals surface area (Å²) in [7, 11) is 0. The minimum absolute atomic E-state index is 0.252. The molecule has 0 saturated carbocycles. The molecule has 3 aromatic rings. The van der Waals surface area contributed by atoms with Crippen molar-refractivity contribution in [2.45, 2.75) is 64.7 Å². The van der Waals surface area contributed by atoms with Gasteiger partial charge in [-0.25, -0.2) is 4.39 Å². The number of unbranched alkanes of at least 4 members (excludes halogenated alkanes) is 5. The third-order valence-electron chi connectivity index (χ3n) is 6.16. The molecule has 0 saturated heterocycles. The molecule has 0 fully saturated rings. The highest BCUT2D eigenvalue weighted by Gasteiger charge is 2.06. The average Bonchev–Trinajstić information content (AvgIpc) is 2.88. The summed E-state index contributed by atoms with van der Waals surface area (Å²) in [5.74, 6) is -0.252. The summed E-state index contributed by atoms with van der Waals surface area (Å²) in [5, 5.41) is 8.21. The Bertz CT molecular complexity index is 1100. The molecular weight excluding hydrogens is 431 g/mol. The Labute approximate surface area is 210 Å². The predicted octanol–water partition coefficient (Wildman–Crippen LogP) is 8.97. The van der Waals surface area contributed by atoms with E-state index in [4.69, 9.17) is 0 Å². The predicted molar refractivity (Wildman–Crippen MR) is 149 cm³/mol. The molecule has 3 aromatic carbocycles. The van der Waals surface area contributed by atoms with Gasteiger partial charge in [0, 0.05) is 5.56 Å². The highest BCUT2D eigenvalue weighted by molar-refractivity contribution is 5.83. The molecule has 2 nitrogen and oxygen atoms in total. The first-order chi connectivity index (χ1) is 17.2. The van der Waals surface area contributed by atoms with Crippen LogP contribution in [-0.2, 0) is 12.8 Å². The molecule has 0 aromatic heterocycles. The lowest BCUT2D eigenvalue weighted by Gasteiger charge is -2.06. The van der Waals surface area contributed by atoms with Crippen molar-refractivity contribution in [2.24, 2.45) is 10.2 Å². The lowest BCUT2D eigenvalue weighted by atomic mass is 10.00. The topological polar surface area (TPSA) is 24.7 Å². The molecule has 0 unspecified atom stereocenters. The molecular formula is C32H37FN2. The molecule has 0 atom stereocenters. The van der Waals surface area contributed by atoms with E-state index in [1.807, 2.05) is 42.5 Å². The lowest BCUT2D eigenvalue weighted by molar-refractivity contribution is 0.631. The van der Waals surface area contributed by atoms with E-state index in [1.165, 1.54) is 55.7 Å². The summed E-state index contributed by atoms with van der Waals surface area (Å²) in [5.41, 5.74) is 5.81. The molecule has 0 aliphatic carbocycles. The van der Waals surface area contributed by atoms with Gasteiger partial charge in [-0.3, -0.25) is 0 Å². The number of rotatable bonds is 14. The fraction of sp³-hybridized carbons (Fsp3) is 0.312. The van der Waals surface area contributed by atoms with E-state index >= 15 is 0 Å². The van der Waals surface area contributed by atoms with E-state index in [1.54, 1.807) is 12.4 Å². The monoisotopic (exact) mass is 468 g/mol. The van der Waals surface area contributed by atoms with E-state index in [9.17, 15) is 4.39 Å². The largest absolute Gasteiger partial charge is 0.206 e. The number of hydrogen-bond acceptors (Lipinski definition) is 2. The molecule has 0 heterocycles. The minimum atomic E-state index is -0.252. The first-order valence-corrected chi connectivity index (χ1v) is 12.8. The molecule has 0 aliphatic heterocycles. The van der Waals surface area contributed by atoms with Crippen LogP contribution < -0.4 is 0 Å². The second kappa shape index (κ2) is 14.8. The number of halogens is 1. The quantitative estimate of drug-likeness (QED) is 0.0976. The van der Waals surface area contributed by atoms with Crippen LogP contribution >= 0.6 is 0 Å². The summed E-state index contributed by atoms with van der Waals surface area (Å²) >= 11 is 0. The SMILES string of the molecule is C=CCCCCc1ccc(C=NN=Cc2ccc(-c3ccc(CCCCCC)cc3)c(F)c2)cc1. The summed E-state index contributed by atoms with van der Waals surface area (Å²) < 4.78 is 14.8. The fourth-order valence-electron chi connectivity index (χ4n) is 4.04. The van der Waals surface area contributed by atoms with Crippen LogP contribution in [0.25, 0.3) is 11.1 Å². The Kier molecular flexibility index (Phi) is 11.1. The molecule has 0 N–H and O–H groups in total. The Balaban J connectivity index is 1.52. The molecule has 0 aliphatic rings. The number of hydrogen-bond donors (Lipinski definition) is 0. The van der Waals surface area contributed by atoms with Crippen LogP contribution in [0.3, 0.4) is 0 Å². The number of aryl methyl sites for hydroxylation is 2. The van der Waals surface area contributed by atoms with Gasteiger partial charge in [-0.1, -0.05) is 92.9 Å². The third-order valence-corrected chi connectivity index (χ3v) is 6.16. The maximum Gasteiger partial charge on any atom is 0.131 e. The molecule has 0 spiro atoms. The van der Waals surface area contributed by atoms with Crippen molar-refractivity contribution < 1.29 is 4.39 Å². The van der Waals surface area contributed by atoms with Gasteiger partial charge in [-0.05, 0) is 72.4 Å². The van der Waals surface area contributed by atoms with Crippen LogP contribution in [0, 0.1) is 5.82 Å². The molecule has 0 radical (unpaired) electrons. The summed E-state index contributed by atoms with van der Waals surface area (Å²) in [6.45, 7) is 5.99. The zero-order chi connectivity index (χ0) is 24.7. The van der Waals surface area contributed by atoms with Gasteiger partial charge in [-0.2, -0.15) is 10.2 Å². The van der Waals surface area contributed by atoms with Crippen LogP contribution in [0.2, 0.25) is 0 Å². The van der Waals surface area contributed by atoms with Crippen LogP contribution in [0.1, 0.15) is 74.1 Å². The van der Waals surface area contributed by atoms with Crippen molar-refractivity contribution in [1.82, 2.24) is 0 Å². The Morgan fingerprint density at radius 1 is 0.714 bits per heavy atom. The highest BCUT2D eigenvalue weighted by atomic mass is 19.1. The first-order valence-electron chi connectivity index (χ1n) is 12.8. The van der Waals surface area contributed by atoms with Gasteiger partial charge in [-0.15, -0.1) is 6.58 Å². The van der Waals surface area contributed by atoms with Crippen molar-refractivity contribution in [3.8, 4) is 11.1 Å². The Morgan fingerprint density at radius 3 is 1.94 bits per heavy atom. The molecule has 3 heteroatoms. The number of benzene rings is 3. The standard InChI is InChI=1S/C32H37FN2/c1-3-5-7-9-11-26-13-15-28(16-14-26)24-34-35-25-29-19-22-31(32(33)23-29)30-20-17-27(18-21-30)12-10-8-6-4-2/h3,13-25H,1,4-12H2,2H3. The van der Waals surface area contributed by atoms with Crippen molar-refractivity contribution in [2.75, 3.05) is 0 Å². The van der Waals surface area contributed by atoms with Gasteiger partial charge in [0.25, 0.3) is 0 Å². The third kappa shape index (κ3) is 9.09. The van der Waals surface area contributed by atoms with E-state index < -0.39 is 0 Å². The van der Waals surface area contributed by atoms with E-state index in [-0.39, 0.29) is 5.82 Å². The van der Waals surface area contributed by atoms with Gasteiger partial charge in [0.2, 0.25) is 0 Å². The number of nitrogens with zero attached hydrogens (tertiary/aromatic N) is 2. The van der Waals surface area contributed by atoms with E-state index in [0.717, 1.165) is 30.4 Å². The molecule has 3 rings (SSSR count). The summed E-state index contributed by atoms with van der Waals surface area (Å²) in [6, 6.07) is 21.8. The molecule has 0 amide bonds. The first kappa shape index (κ1) is 26.3. The zero-order valence-corrected chi connectivity index (χ0v) is 20.9. The van der Waals surface area contributed by atoms with Crippen molar-refractivity contribution in [3.05, 3.63) is 107 Å². The minimum Gasteiger partial charge on any atom is -0.206 e. The van der Waals surface area contributed by atoms with Crippen molar-refractivity contribution >= 4 is 12.4 Å². The smallest absolute Gasteiger partial charge is 0.131 e. The van der Waals surface area contributed by atoms with Crippen LogP contribution in [0.15, 0.2) is 89.6 Å². The van der Waals surface area contributed by atoms with Crippen molar-refractivity contribution in [3.63, 3.8) is 0 Å². The van der Waals surface area contributed by atoms with E-state index in [0.29, 0.717) is 11.1 Å². The zero-order valence-electron chi connectivity index (χ0n) is 20.9. The van der Waals surface area contributed by atoms with Gasteiger partial charge in [0.1, 0.15) is 5.82 Å². The number of allylic oxidation sites excluding steroid dienone is 1. The lowest BCUT2D eigenvalue weighted by Crippen LogP contribution is -1.90.